The predicted octanol–water partition coefficient (Wildman–Crippen LogP) is 1.81. The molecule has 0 aliphatic carbocycles. The summed E-state index contributed by atoms with van der Waals surface area (Å²) in [5.41, 5.74) is 8.37. The number of benzene rings is 1. The molecule has 1 saturated heterocycles. The normalized spacial score (nSPS) is 23.9. The molecule has 4 rings (SSSR count). The highest BCUT2D eigenvalue weighted by Crippen LogP contribution is 2.42. The molecular weight excluding hydrogens is 254 g/mol. The van der Waals surface area contributed by atoms with E-state index in [9.17, 15) is 9.90 Å². The van der Waals surface area contributed by atoms with E-state index >= 15 is 0 Å². The topological polar surface area (TPSA) is 55.8 Å². The van der Waals surface area contributed by atoms with Gasteiger partial charge in [0.15, 0.2) is 0 Å². The largest absolute Gasteiger partial charge is 0.481 e. The number of nitrogens with zero attached hydrogens (tertiary/aromatic N) is 2. The van der Waals surface area contributed by atoms with Crippen LogP contribution in [-0.4, -0.2) is 40.6 Å². The van der Waals surface area contributed by atoms with Gasteiger partial charge in [-0.1, -0.05) is 18.2 Å². The van der Waals surface area contributed by atoms with Crippen LogP contribution in [0.1, 0.15) is 18.4 Å². The van der Waals surface area contributed by atoms with Gasteiger partial charge in [0.2, 0.25) is 0 Å². The number of carbonyl (C=O) groups is 1. The third-order valence-corrected chi connectivity index (χ3v) is 4.48. The maximum Gasteiger partial charge on any atom is 0.308 e. The number of rotatable bonds is 1. The second-order valence-corrected chi connectivity index (χ2v) is 5.62. The molecule has 104 valence electrons. The summed E-state index contributed by atoms with van der Waals surface area (Å²) in [5.74, 6) is -0.892. The van der Waals surface area contributed by atoms with Crippen molar-refractivity contribution >= 4 is 17.4 Å². The molecule has 3 heterocycles. The molecule has 0 radical (unpaired) electrons. The lowest BCUT2D eigenvalue weighted by Gasteiger charge is -2.42. The van der Waals surface area contributed by atoms with Crippen LogP contribution in [0.25, 0.3) is 5.70 Å². The minimum Gasteiger partial charge on any atom is -0.481 e. The number of piperidine rings is 1. The van der Waals surface area contributed by atoms with E-state index in [-0.39, 0.29) is 5.92 Å². The van der Waals surface area contributed by atoms with Gasteiger partial charge < -0.3 is 10.0 Å². The van der Waals surface area contributed by atoms with E-state index in [1.54, 1.807) is 0 Å². The van der Waals surface area contributed by atoms with Gasteiger partial charge in [-0.05, 0) is 18.9 Å². The first kappa shape index (κ1) is 11.6. The van der Waals surface area contributed by atoms with Gasteiger partial charge in [0.05, 0.1) is 23.8 Å². The number of para-hydroxylation sites is 1. The Hall–Kier alpha value is -2.17. The molecule has 0 bridgehead atoms. The number of aliphatic carboxylic acids is 1. The Morgan fingerprint density at radius 1 is 1.30 bits per heavy atom. The third kappa shape index (κ3) is 1.59. The Morgan fingerprint density at radius 3 is 3.00 bits per heavy atom. The predicted molar refractivity (Wildman–Crippen MR) is 75.6 cm³/mol. The maximum absolute atomic E-state index is 11.2. The van der Waals surface area contributed by atoms with Crippen LogP contribution in [0.5, 0.6) is 0 Å². The fourth-order valence-corrected chi connectivity index (χ4v) is 3.47. The summed E-state index contributed by atoms with van der Waals surface area (Å²) in [5, 5.41) is 11.4. The van der Waals surface area contributed by atoms with Crippen LogP contribution < -0.4 is 5.43 Å². The molecule has 0 spiro atoms. The van der Waals surface area contributed by atoms with Gasteiger partial charge in [0.1, 0.15) is 0 Å². The molecular formula is C15H17N3O2. The highest BCUT2D eigenvalue weighted by atomic mass is 16.4. The Kier molecular flexibility index (Phi) is 2.42. The smallest absolute Gasteiger partial charge is 0.308 e. The summed E-state index contributed by atoms with van der Waals surface area (Å²) in [6.45, 7) is 2.42. The van der Waals surface area contributed by atoms with Gasteiger partial charge in [-0.15, -0.1) is 0 Å². The van der Waals surface area contributed by atoms with Crippen molar-refractivity contribution in [1.29, 1.82) is 0 Å². The van der Waals surface area contributed by atoms with Gasteiger partial charge in [0, 0.05) is 24.4 Å². The molecule has 20 heavy (non-hydrogen) atoms. The van der Waals surface area contributed by atoms with E-state index in [0.717, 1.165) is 31.6 Å². The van der Waals surface area contributed by atoms with Crippen molar-refractivity contribution in [3.05, 3.63) is 35.5 Å². The first-order valence-corrected chi connectivity index (χ1v) is 7.08. The van der Waals surface area contributed by atoms with Crippen LogP contribution >= 0.6 is 0 Å². The summed E-state index contributed by atoms with van der Waals surface area (Å²) in [4.78, 5) is 13.5. The highest BCUT2D eigenvalue weighted by molar-refractivity contribution is 5.83. The van der Waals surface area contributed by atoms with Crippen LogP contribution in [0.4, 0.5) is 5.69 Å². The van der Waals surface area contributed by atoms with Crippen molar-refractivity contribution in [2.75, 3.05) is 25.1 Å². The number of anilines is 1. The molecule has 3 aliphatic rings. The molecule has 0 amide bonds. The van der Waals surface area contributed by atoms with Crippen LogP contribution in [0.3, 0.4) is 0 Å². The molecule has 3 aliphatic heterocycles. The monoisotopic (exact) mass is 271 g/mol. The number of allylic oxidation sites excluding steroid dienone is 1. The van der Waals surface area contributed by atoms with Crippen LogP contribution in [-0.2, 0) is 4.79 Å². The number of carboxylic acids is 1. The summed E-state index contributed by atoms with van der Waals surface area (Å²) in [6, 6.07) is 8.32. The highest BCUT2D eigenvalue weighted by Gasteiger charge is 2.37. The summed E-state index contributed by atoms with van der Waals surface area (Å²) < 4.78 is 0. The molecule has 1 fully saturated rings. The zero-order chi connectivity index (χ0) is 13.7. The minimum atomic E-state index is -0.665. The lowest BCUT2D eigenvalue weighted by atomic mass is 9.92. The molecule has 0 aromatic heterocycles. The number of nitrogens with one attached hydrogen (secondary N) is 1. The van der Waals surface area contributed by atoms with Crippen LogP contribution in [0.2, 0.25) is 0 Å². The third-order valence-electron chi connectivity index (χ3n) is 4.48. The average molecular weight is 271 g/mol. The number of hydrazine groups is 1. The number of fused-ring (bicyclic) bond motifs is 4. The quantitative estimate of drug-likeness (QED) is 0.816. The second kappa shape index (κ2) is 4.16. The average Bonchev–Trinajstić information content (AvgIpc) is 2.85. The van der Waals surface area contributed by atoms with Crippen molar-refractivity contribution < 1.29 is 9.90 Å². The molecule has 1 aromatic rings. The zero-order valence-electron chi connectivity index (χ0n) is 11.2. The number of carboxylic acid groups (broad SMARTS) is 1. The number of hydrogen-bond acceptors (Lipinski definition) is 4. The molecule has 1 atom stereocenters. The van der Waals surface area contributed by atoms with E-state index in [1.807, 2.05) is 6.07 Å². The minimum absolute atomic E-state index is 0.226. The van der Waals surface area contributed by atoms with Crippen molar-refractivity contribution in [2.24, 2.45) is 5.92 Å². The van der Waals surface area contributed by atoms with Crippen LogP contribution in [0, 0.1) is 5.92 Å². The SMILES string of the molecule is O=C(O)C1CCC2=C3c4ccccc4NN3CCN2C1. The standard InChI is InChI=1S/C15H17N3O2/c19-15(20)10-5-6-13-14-11-3-1-2-4-12(11)16-18(14)8-7-17(13)9-10/h1-4,10,16H,5-9H2,(H,19,20). The Balaban J connectivity index is 1.75. The van der Waals surface area contributed by atoms with Crippen molar-refractivity contribution in [3.63, 3.8) is 0 Å². The summed E-state index contributed by atoms with van der Waals surface area (Å²) in [7, 11) is 0. The van der Waals surface area contributed by atoms with Gasteiger partial charge >= 0.3 is 5.97 Å². The first-order chi connectivity index (χ1) is 9.74. The van der Waals surface area contributed by atoms with Gasteiger partial charge in [-0.2, -0.15) is 0 Å². The molecule has 1 aromatic carbocycles. The molecule has 0 saturated carbocycles. The van der Waals surface area contributed by atoms with Crippen molar-refractivity contribution in [1.82, 2.24) is 9.91 Å². The molecule has 5 nitrogen and oxygen atoms in total. The molecule has 2 N–H and O–H groups in total. The Labute approximate surface area is 117 Å². The lowest BCUT2D eigenvalue weighted by molar-refractivity contribution is -0.143. The van der Waals surface area contributed by atoms with Gasteiger partial charge in [0.25, 0.3) is 0 Å². The molecule has 1 unspecified atom stereocenters. The van der Waals surface area contributed by atoms with Crippen LogP contribution in [0.15, 0.2) is 30.0 Å². The van der Waals surface area contributed by atoms with Crippen molar-refractivity contribution in [3.8, 4) is 0 Å². The fourth-order valence-electron chi connectivity index (χ4n) is 3.47. The van der Waals surface area contributed by atoms with Crippen molar-refractivity contribution in [2.45, 2.75) is 12.8 Å². The maximum atomic E-state index is 11.2. The lowest BCUT2D eigenvalue weighted by Crippen LogP contribution is -2.46. The van der Waals surface area contributed by atoms with Gasteiger partial charge in [-0.3, -0.25) is 15.2 Å². The van der Waals surface area contributed by atoms with Gasteiger partial charge in [-0.25, -0.2) is 0 Å². The molecule has 5 heteroatoms. The summed E-state index contributed by atoms with van der Waals surface area (Å²) in [6.07, 6.45) is 1.58. The van der Waals surface area contributed by atoms with E-state index in [2.05, 4.69) is 33.5 Å². The zero-order valence-corrected chi connectivity index (χ0v) is 11.2. The van der Waals surface area contributed by atoms with E-state index in [4.69, 9.17) is 0 Å². The van der Waals surface area contributed by atoms with E-state index in [1.165, 1.54) is 17.0 Å². The Bertz CT molecular complexity index is 611. The van der Waals surface area contributed by atoms with E-state index < -0.39 is 5.97 Å². The fraction of sp³-hybridized carbons (Fsp3) is 0.400. The number of hydrogen-bond donors (Lipinski definition) is 2. The summed E-state index contributed by atoms with van der Waals surface area (Å²) >= 11 is 0. The Morgan fingerprint density at radius 2 is 2.15 bits per heavy atom. The van der Waals surface area contributed by atoms with E-state index in [0.29, 0.717) is 6.54 Å². The second-order valence-electron chi connectivity index (χ2n) is 5.62. The first-order valence-electron chi connectivity index (χ1n) is 7.08.